The van der Waals surface area contributed by atoms with Crippen LogP contribution in [0.2, 0.25) is 15.1 Å². The molecule has 3 aromatic carbocycles. The minimum Gasteiger partial charge on any atom is -0.490 e. The number of nitrogens with zero attached hydrogens (tertiary/aromatic N) is 3. The van der Waals surface area contributed by atoms with Crippen molar-refractivity contribution in [2.75, 3.05) is 17.2 Å². The van der Waals surface area contributed by atoms with E-state index in [1.807, 2.05) is 38.1 Å². The average molecular weight is 585 g/mol. The van der Waals surface area contributed by atoms with Crippen molar-refractivity contribution in [1.29, 1.82) is 0 Å². The van der Waals surface area contributed by atoms with Crippen LogP contribution in [0.15, 0.2) is 78.3 Å². The third kappa shape index (κ3) is 5.83. The molecule has 0 aliphatic carbocycles. The predicted octanol–water partition coefficient (Wildman–Crippen LogP) is 7.14. The maximum Gasteiger partial charge on any atom is 0.255 e. The van der Waals surface area contributed by atoms with E-state index in [9.17, 15) is 4.79 Å². The molecule has 8 nitrogen and oxygen atoms in total. The Morgan fingerprint density at radius 3 is 2.54 bits per heavy atom. The average Bonchev–Trinajstić information content (AvgIpc) is 3.38. The lowest BCUT2D eigenvalue weighted by Crippen LogP contribution is -2.31. The zero-order valence-electron chi connectivity index (χ0n) is 21.0. The monoisotopic (exact) mass is 583 g/mol. The largest absolute Gasteiger partial charge is 0.490 e. The molecular weight excluding hydrogens is 561 g/mol. The number of rotatable bonds is 8. The fourth-order valence-corrected chi connectivity index (χ4v) is 4.74. The first-order valence-electron chi connectivity index (χ1n) is 12.1. The van der Waals surface area contributed by atoms with Gasteiger partial charge in [-0.1, -0.05) is 46.9 Å². The molecule has 1 atom stereocenters. The summed E-state index contributed by atoms with van der Waals surface area (Å²) < 4.78 is 13.7. The first-order chi connectivity index (χ1) is 18.8. The van der Waals surface area contributed by atoms with Crippen molar-refractivity contribution in [3.63, 3.8) is 0 Å². The van der Waals surface area contributed by atoms with Crippen LogP contribution in [-0.2, 0) is 11.4 Å². The smallest absolute Gasteiger partial charge is 0.255 e. The maximum atomic E-state index is 13.6. The summed E-state index contributed by atoms with van der Waals surface area (Å²) in [4.78, 5) is 17.9. The molecule has 4 aromatic rings. The molecule has 0 bridgehead atoms. The number of nitrogens with one attached hydrogen (secondary N) is 2. The number of ether oxygens (including phenoxy) is 2. The van der Waals surface area contributed by atoms with Crippen LogP contribution in [0, 0.1) is 0 Å². The fourth-order valence-electron chi connectivity index (χ4n) is 4.30. The number of benzene rings is 3. The van der Waals surface area contributed by atoms with Crippen LogP contribution in [0.5, 0.6) is 11.5 Å². The van der Waals surface area contributed by atoms with Gasteiger partial charge in [0, 0.05) is 16.4 Å². The lowest BCUT2D eigenvalue weighted by molar-refractivity contribution is -0.113. The summed E-state index contributed by atoms with van der Waals surface area (Å²) in [6, 6.07) is 17.3. The van der Waals surface area contributed by atoms with Gasteiger partial charge in [0.25, 0.3) is 5.91 Å². The zero-order chi connectivity index (χ0) is 27.5. The van der Waals surface area contributed by atoms with Crippen molar-refractivity contribution >= 4 is 52.3 Å². The normalized spacial score (nSPS) is 14.4. The first kappa shape index (κ1) is 26.9. The highest BCUT2D eigenvalue weighted by atomic mass is 35.5. The summed E-state index contributed by atoms with van der Waals surface area (Å²) in [5.74, 6) is 1.32. The van der Waals surface area contributed by atoms with Crippen LogP contribution < -0.4 is 20.1 Å². The Bertz CT molecular complexity index is 1550. The van der Waals surface area contributed by atoms with Gasteiger partial charge in [-0.2, -0.15) is 10.1 Å². The van der Waals surface area contributed by atoms with Gasteiger partial charge in [0.2, 0.25) is 5.95 Å². The van der Waals surface area contributed by atoms with E-state index in [1.54, 1.807) is 41.1 Å². The Morgan fingerprint density at radius 2 is 1.79 bits per heavy atom. The molecule has 200 valence electrons. The summed E-state index contributed by atoms with van der Waals surface area (Å²) in [5, 5.41) is 12.1. The van der Waals surface area contributed by atoms with Crippen LogP contribution >= 0.6 is 34.8 Å². The number of aromatic nitrogens is 3. The molecule has 0 saturated carbocycles. The van der Waals surface area contributed by atoms with Gasteiger partial charge in [-0.25, -0.2) is 4.68 Å². The van der Waals surface area contributed by atoms with E-state index in [-0.39, 0.29) is 12.5 Å². The second kappa shape index (κ2) is 11.6. The number of anilines is 2. The topological polar surface area (TPSA) is 90.3 Å². The SMILES string of the molecule is CCOc1cc([C@@H]2C(C(=O)Nc3ccc(Cl)cc3)=C(C)Nc3ncnn32)ccc1OCc1ccc(Cl)c(Cl)c1. The van der Waals surface area contributed by atoms with Crippen molar-refractivity contribution in [3.8, 4) is 11.5 Å². The van der Waals surface area contributed by atoms with Crippen LogP contribution in [0.3, 0.4) is 0 Å². The first-order valence-corrected chi connectivity index (χ1v) is 13.2. The number of carbonyl (C=O) groups is 1. The van der Waals surface area contributed by atoms with Crippen LogP contribution in [0.25, 0.3) is 0 Å². The van der Waals surface area contributed by atoms with Gasteiger partial charge in [-0.3, -0.25) is 4.79 Å². The Morgan fingerprint density at radius 1 is 1.00 bits per heavy atom. The molecule has 0 fully saturated rings. The Kier molecular flexibility index (Phi) is 7.97. The molecule has 0 unspecified atom stereocenters. The van der Waals surface area contributed by atoms with Gasteiger partial charge in [-0.05, 0) is 73.5 Å². The van der Waals surface area contributed by atoms with Gasteiger partial charge < -0.3 is 20.1 Å². The number of allylic oxidation sites excluding steroid dienone is 1. The summed E-state index contributed by atoms with van der Waals surface area (Å²) in [7, 11) is 0. The highest BCUT2D eigenvalue weighted by molar-refractivity contribution is 6.42. The minimum atomic E-state index is -0.570. The maximum absolute atomic E-state index is 13.6. The van der Waals surface area contributed by atoms with E-state index in [1.165, 1.54) is 6.33 Å². The van der Waals surface area contributed by atoms with E-state index in [4.69, 9.17) is 44.3 Å². The third-order valence-electron chi connectivity index (χ3n) is 6.10. The second-order valence-electron chi connectivity index (χ2n) is 8.73. The van der Waals surface area contributed by atoms with Gasteiger partial charge in [0.05, 0.1) is 22.2 Å². The minimum absolute atomic E-state index is 0.268. The van der Waals surface area contributed by atoms with E-state index >= 15 is 0 Å². The van der Waals surface area contributed by atoms with E-state index in [2.05, 4.69) is 20.7 Å². The zero-order valence-corrected chi connectivity index (χ0v) is 23.3. The number of halogens is 3. The van der Waals surface area contributed by atoms with Crippen molar-refractivity contribution in [1.82, 2.24) is 14.8 Å². The van der Waals surface area contributed by atoms with Crippen molar-refractivity contribution in [2.45, 2.75) is 26.5 Å². The Labute approximate surface area is 240 Å². The molecule has 0 spiro atoms. The predicted molar refractivity (Wildman–Crippen MR) is 153 cm³/mol. The van der Waals surface area contributed by atoms with Gasteiger partial charge in [0.15, 0.2) is 11.5 Å². The molecule has 0 saturated heterocycles. The number of amides is 1. The molecule has 5 rings (SSSR count). The van der Waals surface area contributed by atoms with Crippen LogP contribution in [-0.4, -0.2) is 27.3 Å². The van der Waals surface area contributed by atoms with Gasteiger partial charge in [0.1, 0.15) is 19.0 Å². The van der Waals surface area contributed by atoms with Crippen molar-refractivity contribution in [3.05, 3.63) is 104 Å². The van der Waals surface area contributed by atoms with Crippen molar-refractivity contribution in [2.24, 2.45) is 0 Å². The Balaban J connectivity index is 1.47. The molecule has 11 heteroatoms. The number of fused-ring (bicyclic) bond motifs is 1. The summed E-state index contributed by atoms with van der Waals surface area (Å²) in [6.07, 6.45) is 1.45. The quantitative estimate of drug-likeness (QED) is 0.229. The van der Waals surface area contributed by atoms with Gasteiger partial charge in [-0.15, -0.1) is 0 Å². The third-order valence-corrected chi connectivity index (χ3v) is 7.09. The Hall–Kier alpha value is -3.72. The molecule has 39 heavy (non-hydrogen) atoms. The summed E-state index contributed by atoms with van der Waals surface area (Å²) >= 11 is 18.2. The summed E-state index contributed by atoms with van der Waals surface area (Å²) in [5.41, 5.74) is 3.39. The second-order valence-corrected chi connectivity index (χ2v) is 9.98. The lowest BCUT2D eigenvalue weighted by atomic mass is 9.94. The molecule has 2 N–H and O–H groups in total. The molecule has 2 heterocycles. The van der Waals surface area contributed by atoms with Crippen LogP contribution in [0.1, 0.15) is 31.0 Å². The number of carbonyl (C=O) groups excluding carboxylic acids is 1. The van der Waals surface area contributed by atoms with E-state index in [0.717, 1.165) is 11.1 Å². The highest BCUT2D eigenvalue weighted by Crippen LogP contribution is 2.39. The summed E-state index contributed by atoms with van der Waals surface area (Å²) in [6.45, 7) is 4.42. The highest BCUT2D eigenvalue weighted by Gasteiger charge is 2.34. The molecule has 1 aliphatic heterocycles. The molecule has 0 radical (unpaired) electrons. The lowest BCUT2D eigenvalue weighted by Gasteiger charge is -2.29. The van der Waals surface area contributed by atoms with E-state index < -0.39 is 6.04 Å². The molecule has 1 aromatic heterocycles. The fraction of sp³-hybridized carbons (Fsp3) is 0.179. The van der Waals surface area contributed by atoms with Crippen molar-refractivity contribution < 1.29 is 14.3 Å². The number of hydrogen-bond donors (Lipinski definition) is 2. The van der Waals surface area contributed by atoms with Crippen LogP contribution in [0.4, 0.5) is 11.6 Å². The molecule has 1 amide bonds. The standard InChI is InChI=1S/C28H24Cl3N5O3/c1-3-38-24-13-18(5-11-23(24)39-14-17-4-10-21(30)22(31)12-17)26-25(16(2)34-28-32-15-33-36(26)28)27(37)35-20-8-6-19(29)7-9-20/h4-13,15,26H,3,14H2,1-2H3,(H,35,37)(H,32,33,34)/t26-/m1/s1. The van der Waals surface area contributed by atoms with Gasteiger partial charge >= 0.3 is 0 Å². The van der Waals surface area contributed by atoms with E-state index in [0.29, 0.717) is 56.1 Å². The number of hydrogen-bond acceptors (Lipinski definition) is 6. The molecule has 1 aliphatic rings. The molecular formula is C28H24Cl3N5O3.